The highest BCUT2D eigenvalue weighted by Crippen LogP contribution is 2.37. The predicted octanol–water partition coefficient (Wildman–Crippen LogP) is 4.90. The van der Waals surface area contributed by atoms with Crippen molar-refractivity contribution in [1.29, 1.82) is 0 Å². The van der Waals surface area contributed by atoms with Crippen LogP contribution < -0.4 is 9.47 Å². The summed E-state index contributed by atoms with van der Waals surface area (Å²) in [6.07, 6.45) is 0.358. The number of hydrogen-bond donors (Lipinski definition) is 1. The summed E-state index contributed by atoms with van der Waals surface area (Å²) in [4.78, 5) is 13.7. The number of aliphatic hydroxyl groups is 1. The Morgan fingerprint density at radius 3 is 2.67 bits per heavy atom. The molecule has 0 aliphatic rings. The van der Waals surface area contributed by atoms with Gasteiger partial charge in [-0.25, -0.2) is 19.3 Å². The highest BCUT2D eigenvalue weighted by Gasteiger charge is 2.18. The van der Waals surface area contributed by atoms with Crippen LogP contribution in [0, 0.1) is 12.7 Å². The summed E-state index contributed by atoms with van der Waals surface area (Å²) in [7, 11) is 0. The molecule has 0 radical (unpaired) electrons. The standard InChI is InChI=1S/C22H22FN3O3S/c1-5-28-20-10-24-21-14(6-11(2)7-17(21)25-20)22-26-16-8-15(23)18(9-19(16)30-22)29-13(4)12(3)27/h6-10,12-13,27H,5H2,1-4H3. The third-order valence-electron chi connectivity index (χ3n) is 4.73. The zero-order valence-corrected chi connectivity index (χ0v) is 18.0. The van der Waals surface area contributed by atoms with E-state index in [1.54, 1.807) is 26.1 Å². The van der Waals surface area contributed by atoms with Crippen molar-refractivity contribution in [2.75, 3.05) is 6.61 Å². The number of aryl methyl sites for hydroxylation is 1. The maximum Gasteiger partial charge on any atom is 0.232 e. The van der Waals surface area contributed by atoms with E-state index in [9.17, 15) is 9.50 Å². The van der Waals surface area contributed by atoms with Gasteiger partial charge in [0, 0.05) is 17.7 Å². The number of hydrogen-bond acceptors (Lipinski definition) is 7. The highest BCUT2D eigenvalue weighted by atomic mass is 32.1. The first-order chi connectivity index (χ1) is 14.4. The SMILES string of the molecule is CCOc1cnc2c(-c3nc4cc(F)c(OC(C)C(C)O)cc4s3)cc(C)cc2n1. The van der Waals surface area contributed by atoms with Crippen LogP contribution in [0.3, 0.4) is 0 Å². The van der Waals surface area contributed by atoms with Gasteiger partial charge in [-0.1, -0.05) is 0 Å². The molecule has 2 unspecified atom stereocenters. The molecule has 0 fully saturated rings. The van der Waals surface area contributed by atoms with E-state index in [4.69, 9.17) is 9.47 Å². The van der Waals surface area contributed by atoms with Crippen LogP contribution in [0.5, 0.6) is 11.6 Å². The molecule has 2 aromatic heterocycles. The number of aromatic nitrogens is 3. The van der Waals surface area contributed by atoms with Gasteiger partial charge < -0.3 is 14.6 Å². The third-order valence-corrected chi connectivity index (χ3v) is 5.78. The summed E-state index contributed by atoms with van der Waals surface area (Å²) < 4.78 is 26.3. The van der Waals surface area contributed by atoms with Crippen LogP contribution in [0.1, 0.15) is 26.3 Å². The van der Waals surface area contributed by atoms with Crippen molar-refractivity contribution >= 4 is 32.6 Å². The van der Waals surface area contributed by atoms with Crippen molar-refractivity contribution in [1.82, 2.24) is 15.0 Å². The van der Waals surface area contributed by atoms with Crippen molar-refractivity contribution in [3.05, 3.63) is 41.8 Å². The van der Waals surface area contributed by atoms with Gasteiger partial charge in [0.1, 0.15) is 11.1 Å². The number of ether oxygens (including phenoxy) is 2. The van der Waals surface area contributed by atoms with E-state index in [-0.39, 0.29) is 5.75 Å². The van der Waals surface area contributed by atoms with Crippen LogP contribution >= 0.6 is 11.3 Å². The van der Waals surface area contributed by atoms with Crippen LogP contribution in [0.2, 0.25) is 0 Å². The van der Waals surface area contributed by atoms with Gasteiger partial charge >= 0.3 is 0 Å². The molecule has 4 rings (SSSR count). The number of thiazole rings is 1. The summed E-state index contributed by atoms with van der Waals surface area (Å²) in [6.45, 7) is 7.69. The lowest BCUT2D eigenvalue weighted by Gasteiger charge is -2.17. The maximum absolute atomic E-state index is 14.5. The smallest absolute Gasteiger partial charge is 0.232 e. The molecule has 8 heteroatoms. The predicted molar refractivity (Wildman–Crippen MR) is 116 cm³/mol. The lowest BCUT2D eigenvalue weighted by atomic mass is 10.1. The number of aliphatic hydroxyl groups excluding tert-OH is 1. The lowest BCUT2D eigenvalue weighted by molar-refractivity contribution is 0.0580. The van der Waals surface area contributed by atoms with Gasteiger partial charge in [-0.15, -0.1) is 11.3 Å². The van der Waals surface area contributed by atoms with Gasteiger partial charge in [0.15, 0.2) is 11.6 Å². The fourth-order valence-electron chi connectivity index (χ4n) is 3.06. The van der Waals surface area contributed by atoms with Crippen LogP contribution in [0.4, 0.5) is 4.39 Å². The van der Waals surface area contributed by atoms with Gasteiger partial charge in [-0.2, -0.15) is 0 Å². The Morgan fingerprint density at radius 1 is 1.13 bits per heavy atom. The fourth-order valence-corrected chi connectivity index (χ4v) is 4.06. The quantitative estimate of drug-likeness (QED) is 0.472. The Bertz CT molecular complexity index is 1230. The van der Waals surface area contributed by atoms with E-state index < -0.39 is 18.0 Å². The normalized spacial score (nSPS) is 13.5. The second kappa shape index (κ2) is 8.12. The average Bonchev–Trinajstić information content (AvgIpc) is 3.10. The number of nitrogens with zero attached hydrogens (tertiary/aromatic N) is 3. The molecule has 0 aliphatic heterocycles. The van der Waals surface area contributed by atoms with Crippen LogP contribution in [-0.2, 0) is 0 Å². The molecule has 2 heterocycles. The topological polar surface area (TPSA) is 77.4 Å². The van der Waals surface area contributed by atoms with Crippen LogP contribution in [0.15, 0.2) is 30.5 Å². The summed E-state index contributed by atoms with van der Waals surface area (Å²) in [6, 6.07) is 6.93. The molecule has 1 N–H and O–H groups in total. The van der Waals surface area contributed by atoms with E-state index in [0.717, 1.165) is 26.4 Å². The Hall–Kier alpha value is -2.84. The van der Waals surface area contributed by atoms with E-state index in [2.05, 4.69) is 15.0 Å². The lowest BCUT2D eigenvalue weighted by Crippen LogP contribution is -2.25. The fraction of sp³-hybridized carbons (Fsp3) is 0.318. The van der Waals surface area contributed by atoms with Gasteiger partial charge in [-0.05, 0) is 45.4 Å². The molecule has 0 amide bonds. The Kier molecular flexibility index (Phi) is 5.53. The van der Waals surface area contributed by atoms with E-state index in [1.807, 2.05) is 26.0 Å². The first-order valence-electron chi connectivity index (χ1n) is 9.71. The minimum Gasteiger partial charge on any atom is -0.485 e. The molecule has 0 spiro atoms. The largest absolute Gasteiger partial charge is 0.485 e. The first kappa shape index (κ1) is 20.4. The second-order valence-corrected chi connectivity index (χ2v) is 8.19. The second-order valence-electron chi connectivity index (χ2n) is 7.15. The number of fused-ring (bicyclic) bond motifs is 2. The van der Waals surface area contributed by atoms with E-state index in [0.29, 0.717) is 23.5 Å². The molecule has 30 heavy (non-hydrogen) atoms. The Balaban J connectivity index is 1.80. The first-order valence-corrected chi connectivity index (χ1v) is 10.5. The molecule has 0 saturated carbocycles. The highest BCUT2D eigenvalue weighted by molar-refractivity contribution is 7.21. The van der Waals surface area contributed by atoms with Crippen molar-refractivity contribution in [2.24, 2.45) is 0 Å². The van der Waals surface area contributed by atoms with Crippen molar-refractivity contribution in [2.45, 2.75) is 39.9 Å². The molecule has 156 valence electrons. The molecule has 2 atom stereocenters. The molecular formula is C22H22FN3O3S. The molecule has 4 aromatic rings. The van der Waals surface area contributed by atoms with Crippen molar-refractivity contribution < 1.29 is 19.0 Å². The molecule has 0 aliphatic carbocycles. The molecule has 0 bridgehead atoms. The molecule has 0 saturated heterocycles. The number of halogens is 1. The monoisotopic (exact) mass is 427 g/mol. The zero-order chi connectivity index (χ0) is 21.4. The number of rotatable bonds is 6. The number of benzene rings is 2. The summed E-state index contributed by atoms with van der Waals surface area (Å²) in [5, 5.41) is 10.4. The summed E-state index contributed by atoms with van der Waals surface area (Å²) >= 11 is 1.43. The van der Waals surface area contributed by atoms with Gasteiger partial charge in [0.2, 0.25) is 5.88 Å². The van der Waals surface area contributed by atoms with Gasteiger partial charge in [0.05, 0.1) is 40.2 Å². The summed E-state index contributed by atoms with van der Waals surface area (Å²) in [5.41, 5.74) is 3.82. The maximum atomic E-state index is 14.5. The average molecular weight is 428 g/mol. The third kappa shape index (κ3) is 3.93. The molecular weight excluding hydrogens is 405 g/mol. The van der Waals surface area contributed by atoms with Gasteiger partial charge in [0.25, 0.3) is 0 Å². The van der Waals surface area contributed by atoms with Crippen LogP contribution in [-0.4, -0.2) is 38.9 Å². The summed E-state index contributed by atoms with van der Waals surface area (Å²) in [5.74, 6) is 0.0605. The van der Waals surface area contributed by atoms with E-state index in [1.165, 1.54) is 17.4 Å². The molecule has 6 nitrogen and oxygen atoms in total. The zero-order valence-electron chi connectivity index (χ0n) is 17.1. The Morgan fingerprint density at radius 2 is 1.93 bits per heavy atom. The van der Waals surface area contributed by atoms with Crippen molar-refractivity contribution in [3.63, 3.8) is 0 Å². The minimum atomic E-state index is -0.712. The van der Waals surface area contributed by atoms with Crippen molar-refractivity contribution in [3.8, 4) is 22.2 Å². The molecule has 2 aromatic carbocycles. The minimum absolute atomic E-state index is 0.0985. The van der Waals surface area contributed by atoms with Gasteiger partial charge in [-0.3, -0.25) is 0 Å². The Labute approximate surface area is 177 Å². The van der Waals surface area contributed by atoms with Crippen LogP contribution in [0.25, 0.3) is 31.8 Å². The van der Waals surface area contributed by atoms with E-state index >= 15 is 0 Å².